The van der Waals surface area contributed by atoms with Crippen molar-refractivity contribution in [3.8, 4) is 11.3 Å². The number of hydrogen-bond acceptors (Lipinski definition) is 3. The van der Waals surface area contributed by atoms with Crippen LogP contribution in [0.15, 0.2) is 30.3 Å². The summed E-state index contributed by atoms with van der Waals surface area (Å²) in [6.45, 7) is 6.40. The summed E-state index contributed by atoms with van der Waals surface area (Å²) in [5.41, 5.74) is 4.27. The first-order chi connectivity index (χ1) is 9.10. The van der Waals surface area contributed by atoms with E-state index >= 15 is 0 Å². The molecule has 1 aromatic carbocycles. The first-order valence-corrected chi connectivity index (χ1v) is 6.66. The molecule has 0 unspecified atom stereocenters. The molecule has 0 aliphatic heterocycles. The van der Waals surface area contributed by atoms with Gasteiger partial charge in [0.2, 0.25) is 0 Å². The molecule has 19 heavy (non-hydrogen) atoms. The van der Waals surface area contributed by atoms with Gasteiger partial charge in [0.05, 0.1) is 12.3 Å². The molecule has 0 radical (unpaired) electrons. The van der Waals surface area contributed by atoms with Crippen molar-refractivity contribution >= 4 is 0 Å². The highest BCUT2D eigenvalue weighted by Crippen LogP contribution is 2.21. The van der Waals surface area contributed by atoms with Gasteiger partial charge in [-0.3, -0.25) is 0 Å². The lowest BCUT2D eigenvalue weighted by Crippen LogP contribution is -2.01. The Morgan fingerprint density at radius 3 is 2.37 bits per heavy atom. The normalized spacial score (nSPS) is 11.0. The summed E-state index contributed by atoms with van der Waals surface area (Å²) in [5, 5.41) is 8.99. The van der Waals surface area contributed by atoms with Crippen LogP contribution in [-0.2, 0) is 6.42 Å². The SMILES string of the molecule is Cc1cc(-c2ccc(C(C)C)cc2)nc(CCO)n1. The number of aliphatic hydroxyl groups excluding tert-OH is 1. The molecular formula is C16H20N2O. The summed E-state index contributed by atoms with van der Waals surface area (Å²) in [4.78, 5) is 8.82. The molecule has 0 aliphatic rings. The van der Waals surface area contributed by atoms with E-state index in [1.54, 1.807) is 0 Å². The second-order valence-corrected chi connectivity index (χ2v) is 5.06. The molecule has 3 nitrogen and oxygen atoms in total. The van der Waals surface area contributed by atoms with Gasteiger partial charge in [0.15, 0.2) is 0 Å². The molecule has 0 atom stereocenters. The minimum atomic E-state index is 0.0786. The maximum Gasteiger partial charge on any atom is 0.131 e. The molecule has 0 amide bonds. The molecule has 0 fully saturated rings. The maximum atomic E-state index is 8.99. The topological polar surface area (TPSA) is 46.0 Å². The van der Waals surface area contributed by atoms with Crippen molar-refractivity contribution in [1.29, 1.82) is 0 Å². The fraction of sp³-hybridized carbons (Fsp3) is 0.375. The number of aromatic nitrogens is 2. The van der Waals surface area contributed by atoms with E-state index in [1.165, 1.54) is 5.56 Å². The number of aryl methyl sites for hydroxylation is 1. The van der Waals surface area contributed by atoms with Gasteiger partial charge in [-0.1, -0.05) is 38.1 Å². The molecule has 0 aliphatic carbocycles. The van der Waals surface area contributed by atoms with E-state index in [1.807, 2.05) is 13.0 Å². The Morgan fingerprint density at radius 2 is 1.79 bits per heavy atom. The van der Waals surface area contributed by atoms with Gasteiger partial charge in [0, 0.05) is 17.7 Å². The summed E-state index contributed by atoms with van der Waals surface area (Å²) in [6, 6.07) is 10.5. The third-order valence-electron chi connectivity index (χ3n) is 3.11. The van der Waals surface area contributed by atoms with E-state index in [2.05, 4.69) is 48.1 Å². The largest absolute Gasteiger partial charge is 0.396 e. The van der Waals surface area contributed by atoms with Crippen LogP contribution < -0.4 is 0 Å². The maximum absolute atomic E-state index is 8.99. The van der Waals surface area contributed by atoms with Gasteiger partial charge in [-0.2, -0.15) is 0 Å². The van der Waals surface area contributed by atoms with Gasteiger partial charge in [-0.05, 0) is 24.5 Å². The molecule has 2 rings (SSSR count). The zero-order valence-corrected chi connectivity index (χ0v) is 11.7. The Labute approximate surface area is 114 Å². The lowest BCUT2D eigenvalue weighted by molar-refractivity contribution is 0.296. The highest BCUT2D eigenvalue weighted by atomic mass is 16.3. The van der Waals surface area contributed by atoms with Crippen LogP contribution in [0.5, 0.6) is 0 Å². The van der Waals surface area contributed by atoms with Crippen molar-refractivity contribution in [1.82, 2.24) is 9.97 Å². The van der Waals surface area contributed by atoms with Crippen LogP contribution in [0, 0.1) is 6.92 Å². The van der Waals surface area contributed by atoms with Crippen LogP contribution in [0.4, 0.5) is 0 Å². The van der Waals surface area contributed by atoms with Crippen LogP contribution >= 0.6 is 0 Å². The van der Waals surface area contributed by atoms with Gasteiger partial charge >= 0.3 is 0 Å². The molecule has 1 heterocycles. The van der Waals surface area contributed by atoms with Crippen molar-refractivity contribution in [2.45, 2.75) is 33.1 Å². The van der Waals surface area contributed by atoms with Crippen LogP contribution in [0.3, 0.4) is 0 Å². The third-order valence-corrected chi connectivity index (χ3v) is 3.11. The average molecular weight is 256 g/mol. The Balaban J connectivity index is 2.35. The summed E-state index contributed by atoms with van der Waals surface area (Å²) in [6.07, 6.45) is 0.499. The van der Waals surface area contributed by atoms with Crippen molar-refractivity contribution in [2.75, 3.05) is 6.61 Å². The number of benzene rings is 1. The number of aliphatic hydroxyl groups is 1. The summed E-state index contributed by atoms with van der Waals surface area (Å²) >= 11 is 0. The van der Waals surface area contributed by atoms with Crippen LogP contribution in [0.2, 0.25) is 0 Å². The minimum Gasteiger partial charge on any atom is -0.396 e. The van der Waals surface area contributed by atoms with Crippen molar-refractivity contribution in [3.63, 3.8) is 0 Å². The Kier molecular flexibility index (Phi) is 4.27. The smallest absolute Gasteiger partial charge is 0.131 e. The van der Waals surface area contributed by atoms with E-state index in [9.17, 15) is 0 Å². The van der Waals surface area contributed by atoms with E-state index < -0.39 is 0 Å². The van der Waals surface area contributed by atoms with Gasteiger partial charge in [-0.25, -0.2) is 9.97 Å². The summed E-state index contributed by atoms with van der Waals surface area (Å²) in [7, 11) is 0. The molecule has 0 spiro atoms. The van der Waals surface area contributed by atoms with E-state index in [4.69, 9.17) is 5.11 Å². The van der Waals surface area contributed by atoms with Crippen molar-refractivity contribution in [3.05, 3.63) is 47.4 Å². The van der Waals surface area contributed by atoms with Crippen LogP contribution in [0.25, 0.3) is 11.3 Å². The molecule has 100 valence electrons. The zero-order valence-electron chi connectivity index (χ0n) is 11.7. The fourth-order valence-corrected chi connectivity index (χ4v) is 2.03. The molecule has 0 bridgehead atoms. The zero-order chi connectivity index (χ0) is 13.8. The number of rotatable bonds is 4. The van der Waals surface area contributed by atoms with Crippen LogP contribution in [0.1, 0.15) is 36.8 Å². The molecule has 3 heteroatoms. The molecule has 1 aromatic heterocycles. The first-order valence-electron chi connectivity index (χ1n) is 6.66. The monoisotopic (exact) mass is 256 g/mol. The Morgan fingerprint density at radius 1 is 1.11 bits per heavy atom. The minimum absolute atomic E-state index is 0.0786. The second-order valence-electron chi connectivity index (χ2n) is 5.06. The summed E-state index contributed by atoms with van der Waals surface area (Å²) in [5.74, 6) is 1.23. The van der Waals surface area contributed by atoms with Crippen molar-refractivity contribution < 1.29 is 5.11 Å². The van der Waals surface area contributed by atoms with Crippen molar-refractivity contribution in [2.24, 2.45) is 0 Å². The first kappa shape index (κ1) is 13.7. The highest BCUT2D eigenvalue weighted by Gasteiger charge is 2.05. The van der Waals surface area contributed by atoms with Gasteiger partial charge in [-0.15, -0.1) is 0 Å². The quantitative estimate of drug-likeness (QED) is 0.914. The summed E-state index contributed by atoms with van der Waals surface area (Å²) < 4.78 is 0. The lowest BCUT2D eigenvalue weighted by atomic mass is 10.0. The predicted molar refractivity (Wildman–Crippen MR) is 77.1 cm³/mol. The van der Waals surface area contributed by atoms with E-state index in [0.29, 0.717) is 18.2 Å². The molecule has 0 saturated carbocycles. The Bertz CT molecular complexity index is 547. The molecule has 0 saturated heterocycles. The third kappa shape index (κ3) is 3.38. The molecule has 1 N–H and O–H groups in total. The average Bonchev–Trinajstić information content (AvgIpc) is 2.38. The van der Waals surface area contributed by atoms with Gasteiger partial charge in [0.25, 0.3) is 0 Å². The highest BCUT2D eigenvalue weighted by molar-refractivity contribution is 5.59. The predicted octanol–water partition coefficient (Wildman–Crippen LogP) is 3.11. The van der Waals surface area contributed by atoms with Gasteiger partial charge in [0.1, 0.15) is 5.82 Å². The Hall–Kier alpha value is -1.74. The van der Waals surface area contributed by atoms with E-state index in [0.717, 1.165) is 17.0 Å². The van der Waals surface area contributed by atoms with E-state index in [-0.39, 0.29) is 6.61 Å². The fourth-order valence-electron chi connectivity index (χ4n) is 2.03. The lowest BCUT2D eigenvalue weighted by Gasteiger charge is -2.08. The van der Waals surface area contributed by atoms with Crippen LogP contribution in [-0.4, -0.2) is 21.7 Å². The standard InChI is InChI=1S/C16H20N2O/c1-11(2)13-4-6-14(7-5-13)15-10-12(3)17-16(18-15)8-9-19/h4-7,10-11,19H,8-9H2,1-3H3. The molecular weight excluding hydrogens is 236 g/mol. The van der Waals surface area contributed by atoms with Gasteiger partial charge < -0.3 is 5.11 Å². The molecule has 2 aromatic rings. The number of nitrogens with zero attached hydrogens (tertiary/aromatic N) is 2. The number of hydrogen-bond donors (Lipinski definition) is 1. The second kappa shape index (κ2) is 5.93.